The highest BCUT2D eigenvalue weighted by Crippen LogP contribution is 2.35. The molecular weight excluding hydrogens is 367 g/mol. The first kappa shape index (κ1) is 20.2. The number of nitrogens with zero attached hydrogens (tertiary/aromatic N) is 2. The SMILES string of the molecule is CCN(CC)C(=O)c1c(C)nc2ccc(Cl)cc2c1-c1ccccc1.Cl. The van der Waals surface area contributed by atoms with Crippen LogP contribution in [0.5, 0.6) is 0 Å². The highest BCUT2D eigenvalue weighted by atomic mass is 35.5. The molecule has 1 aromatic heterocycles. The van der Waals surface area contributed by atoms with E-state index in [4.69, 9.17) is 11.6 Å². The van der Waals surface area contributed by atoms with E-state index in [1.165, 1.54) is 0 Å². The van der Waals surface area contributed by atoms with Gasteiger partial charge in [-0.3, -0.25) is 9.78 Å². The Kier molecular flexibility index (Phi) is 6.63. The Morgan fingerprint density at radius 2 is 1.73 bits per heavy atom. The molecule has 0 radical (unpaired) electrons. The molecule has 0 unspecified atom stereocenters. The van der Waals surface area contributed by atoms with Crippen molar-refractivity contribution in [3.63, 3.8) is 0 Å². The van der Waals surface area contributed by atoms with Crippen LogP contribution in [0.1, 0.15) is 29.9 Å². The molecule has 0 spiro atoms. The Bertz CT molecular complexity index is 922. The molecule has 136 valence electrons. The van der Waals surface area contributed by atoms with E-state index in [1.807, 2.05) is 74.2 Å². The van der Waals surface area contributed by atoms with Gasteiger partial charge < -0.3 is 4.90 Å². The molecule has 1 heterocycles. The topological polar surface area (TPSA) is 33.2 Å². The van der Waals surface area contributed by atoms with Gasteiger partial charge in [0.05, 0.1) is 16.8 Å². The van der Waals surface area contributed by atoms with Crippen LogP contribution in [0.4, 0.5) is 0 Å². The zero-order chi connectivity index (χ0) is 18.0. The first-order valence-electron chi connectivity index (χ1n) is 8.51. The molecule has 5 heteroatoms. The summed E-state index contributed by atoms with van der Waals surface area (Å²) in [5.41, 5.74) is 4.14. The van der Waals surface area contributed by atoms with Crippen molar-refractivity contribution in [1.29, 1.82) is 0 Å². The average molecular weight is 389 g/mol. The Hall–Kier alpha value is -2.10. The second-order valence-corrected chi connectivity index (χ2v) is 6.39. The fraction of sp³-hybridized carbons (Fsp3) is 0.238. The molecule has 3 aromatic rings. The van der Waals surface area contributed by atoms with Gasteiger partial charge in [-0.05, 0) is 44.5 Å². The first-order valence-corrected chi connectivity index (χ1v) is 8.89. The molecule has 0 bridgehead atoms. The second kappa shape index (κ2) is 8.52. The number of halogens is 2. The van der Waals surface area contributed by atoms with E-state index in [9.17, 15) is 4.79 Å². The summed E-state index contributed by atoms with van der Waals surface area (Å²) >= 11 is 6.24. The summed E-state index contributed by atoms with van der Waals surface area (Å²) in [5.74, 6) is 0.00993. The molecule has 0 atom stereocenters. The van der Waals surface area contributed by atoms with Gasteiger partial charge in [0.15, 0.2) is 0 Å². The number of rotatable bonds is 4. The molecular formula is C21H22Cl2N2O. The molecule has 0 saturated carbocycles. The van der Waals surface area contributed by atoms with Gasteiger partial charge in [0.2, 0.25) is 0 Å². The number of carbonyl (C=O) groups is 1. The zero-order valence-electron chi connectivity index (χ0n) is 15.1. The van der Waals surface area contributed by atoms with Gasteiger partial charge in [-0.2, -0.15) is 0 Å². The third kappa shape index (κ3) is 3.69. The van der Waals surface area contributed by atoms with Crippen molar-refractivity contribution in [1.82, 2.24) is 9.88 Å². The maximum atomic E-state index is 13.2. The van der Waals surface area contributed by atoms with E-state index in [2.05, 4.69) is 4.98 Å². The molecule has 3 nitrogen and oxygen atoms in total. The molecule has 0 aliphatic heterocycles. The number of carbonyl (C=O) groups excluding carboxylic acids is 1. The Morgan fingerprint density at radius 3 is 2.35 bits per heavy atom. The van der Waals surface area contributed by atoms with E-state index in [0.29, 0.717) is 23.7 Å². The lowest BCUT2D eigenvalue weighted by atomic mass is 9.93. The van der Waals surface area contributed by atoms with Gasteiger partial charge in [0.25, 0.3) is 5.91 Å². The number of fused-ring (bicyclic) bond motifs is 1. The summed E-state index contributed by atoms with van der Waals surface area (Å²) < 4.78 is 0. The van der Waals surface area contributed by atoms with Gasteiger partial charge in [-0.1, -0.05) is 41.9 Å². The van der Waals surface area contributed by atoms with Crippen LogP contribution in [-0.2, 0) is 0 Å². The largest absolute Gasteiger partial charge is 0.339 e. The lowest BCUT2D eigenvalue weighted by molar-refractivity contribution is 0.0772. The van der Waals surface area contributed by atoms with Crippen LogP contribution in [-0.4, -0.2) is 28.9 Å². The van der Waals surface area contributed by atoms with Crippen molar-refractivity contribution in [3.8, 4) is 11.1 Å². The van der Waals surface area contributed by atoms with Crippen molar-refractivity contribution in [2.45, 2.75) is 20.8 Å². The van der Waals surface area contributed by atoms with Gasteiger partial charge in [0.1, 0.15) is 0 Å². The maximum Gasteiger partial charge on any atom is 0.256 e. The van der Waals surface area contributed by atoms with E-state index < -0.39 is 0 Å². The van der Waals surface area contributed by atoms with E-state index >= 15 is 0 Å². The number of benzene rings is 2. The standard InChI is InChI=1S/C21H21ClN2O.ClH/c1-4-24(5-2)21(25)19-14(3)23-18-12-11-16(22)13-17(18)20(19)15-9-7-6-8-10-15;/h6-13H,4-5H2,1-3H3;1H. The van der Waals surface area contributed by atoms with Crippen molar-refractivity contribution < 1.29 is 4.79 Å². The highest BCUT2D eigenvalue weighted by molar-refractivity contribution is 6.31. The van der Waals surface area contributed by atoms with Crippen molar-refractivity contribution >= 4 is 40.8 Å². The number of aryl methyl sites for hydroxylation is 1. The molecule has 0 aliphatic rings. The third-order valence-electron chi connectivity index (χ3n) is 4.45. The Balaban J connectivity index is 0.00000243. The maximum absolute atomic E-state index is 13.2. The minimum atomic E-state index is 0. The Morgan fingerprint density at radius 1 is 1.08 bits per heavy atom. The summed E-state index contributed by atoms with van der Waals surface area (Å²) in [6.07, 6.45) is 0. The first-order chi connectivity index (χ1) is 12.1. The van der Waals surface area contributed by atoms with Crippen molar-refractivity contribution in [3.05, 3.63) is 64.8 Å². The van der Waals surface area contributed by atoms with E-state index in [0.717, 1.165) is 27.7 Å². The number of amides is 1. The molecule has 3 rings (SSSR count). The van der Waals surface area contributed by atoms with Gasteiger partial charge in [0, 0.05) is 29.1 Å². The van der Waals surface area contributed by atoms with E-state index in [1.54, 1.807) is 0 Å². The molecule has 0 fully saturated rings. The van der Waals surface area contributed by atoms with Crippen LogP contribution < -0.4 is 0 Å². The Labute approximate surface area is 165 Å². The normalized spacial score (nSPS) is 10.5. The van der Waals surface area contributed by atoms with E-state index in [-0.39, 0.29) is 18.3 Å². The average Bonchev–Trinajstić information content (AvgIpc) is 2.62. The van der Waals surface area contributed by atoms with Gasteiger partial charge in [-0.25, -0.2) is 0 Å². The lowest BCUT2D eigenvalue weighted by Gasteiger charge is -2.22. The minimum Gasteiger partial charge on any atom is -0.339 e. The van der Waals surface area contributed by atoms with Crippen LogP contribution in [0, 0.1) is 6.92 Å². The summed E-state index contributed by atoms with van der Waals surface area (Å²) in [7, 11) is 0. The number of hydrogen-bond acceptors (Lipinski definition) is 2. The highest BCUT2D eigenvalue weighted by Gasteiger charge is 2.23. The van der Waals surface area contributed by atoms with Gasteiger partial charge >= 0.3 is 0 Å². The zero-order valence-corrected chi connectivity index (χ0v) is 16.7. The quantitative estimate of drug-likeness (QED) is 0.568. The van der Waals surface area contributed by atoms with Crippen LogP contribution in [0.3, 0.4) is 0 Å². The third-order valence-corrected chi connectivity index (χ3v) is 4.69. The number of aromatic nitrogens is 1. The van der Waals surface area contributed by atoms with Crippen LogP contribution in [0.15, 0.2) is 48.5 Å². The number of hydrogen-bond donors (Lipinski definition) is 0. The molecule has 1 amide bonds. The second-order valence-electron chi connectivity index (χ2n) is 5.95. The predicted molar refractivity (Wildman–Crippen MR) is 111 cm³/mol. The molecule has 0 aliphatic carbocycles. The molecule has 2 aromatic carbocycles. The summed E-state index contributed by atoms with van der Waals surface area (Å²) in [6.45, 7) is 7.21. The number of pyridine rings is 1. The monoisotopic (exact) mass is 388 g/mol. The fourth-order valence-corrected chi connectivity index (χ4v) is 3.37. The fourth-order valence-electron chi connectivity index (χ4n) is 3.19. The lowest BCUT2D eigenvalue weighted by Crippen LogP contribution is -2.31. The molecule has 0 saturated heterocycles. The summed E-state index contributed by atoms with van der Waals surface area (Å²) in [6, 6.07) is 15.6. The summed E-state index contributed by atoms with van der Waals surface area (Å²) in [4.78, 5) is 19.7. The van der Waals surface area contributed by atoms with Crippen molar-refractivity contribution in [2.24, 2.45) is 0 Å². The van der Waals surface area contributed by atoms with Gasteiger partial charge in [-0.15, -0.1) is 12.4 Å². The summed E-state index contributed by atoms with van der Waals surface area (Å²) in [5, 5.41) is 1.54. The predicted octanol–water partition coefficient (Wildman–Crippen LogP) is 5.77. The molecule has 0 N–H and O–H groups in total. The van der Waals surface area contributed by atoms with Crippen LogP contribution in [0.25, 0.3) is 22.0 Å². The molecule has 26 heavy (non-hydrogen) atoms. The van der Waals surface area contributed by atoms with Crippen LogP contribution >= 0.6 is 24.0 Å². The van der Waals surface area contributed by atoms with Crippen LogP contribution in [0.2, 0.25) is 5.02 Å². The minimum absolute atomic E-state index is 0. The van der Waals surface area contributed by atoms with Crippen molar-refractivity contribution in [2.75, 3.05) is 13.1 Å². The smallest absolute Gasteiger partial charge is 0.256 e.